The van der Waals surface area contributed by atoms with Crippen LogP contribution in [-0.2, 0) is 11.2 Å². The lowest BCUT2D eigenvalue weighted by atomic mass is 10.0. The number of para-hydroxylation sites is 1. The number of methoxy groups -OCH3 is 1. The molecule has 0 radical (unpaired) electrons. The fourth-order valence-electron chi connectivity index (χ4n) is 3.57. The maximum atomic E-state index is 12.6. The van der Waals surface area contributed by atoms with Crippen molar-refractivity contribution in [2.45, 2.75) is 32.4 Å². The molecule has 1 N–H and O–H groups in total. The smallest absolute Gasteiger partial charge is 0.390 e. The topological polar surface area (TPSA) is 45.3 Å². The normalized spacial score (nSPS) is 11.6. The second kappa shape index (κ2) is 9.24. The number of aryl methyl sites for hydroxylation is 1. The molecule has 0 saturated heterocycles. The van der Waals surface area contributed by atoms with Gasteiger partial charge in [-0.05, 0) is 54.8 Å². The number of aromatic amines is 1. The highest BCUT2D eigenvalue weighted by Gasteiger charge is 2.28. The Bertz CT molecular complexity index is 994. The Labute approximate surface area is 173 Å². The van der Waals surface area contributed by atoms with Crippen molar-refractivity contribution in [3.8, 4) is 17.0 Å². The van der Waals surface area contributed by atoms with Crippen molar-refractivity contribution in [2.24, 2.45) is 0 Å². The van der Waals surface area contributed by atoms with Gasteiger partial charge >= 0.3 is 6.18 Å². The van der Waals surface area contributed by atoms with Gasteiger partial charge in [0.2, 0.25) is 5.91 Å². The van der Waals surface area contributed by atoms with E-state index in [1.54, 1.807) is 14.0 Å². The molecule has 1 aromatic heterocycles. The quantitative estimate of drug-likeness (QED) is 0.519. The van der Waals surface area contributed by atoms with Crippen LogP contribution in [0.2, 0.25) is 0 Å². The molecule has 0 spiro atoms. The van der Waals surface area contributed by atoms with E-state index in [0.717, 1.165) is 33.5 Å². The molecule has 0 aliphatic rings. The van der Waals surface area contributed by atoms with E-state index in [1.807, 2.05) is 48.5 Å². The molecule has 1 amide bonds. The first-order valence-electron chi connectivity index (χ1n) is 9.91. The molecule has 0 fully saturated rings. The molecule has 0 saturated carbocycles. The van der Waals surface area contributed by atoms with Gasteiger partial charge in [-0.15, -0.1) is 0 Å². The number of carbonyl (C=O) groups is 1. The molecule has 0 atom stereocenters. The molecule has 30 heavy (non-hydrogen) atoms. The molecule has 0 unspecified atom stereocenters. The largest absolute Gasteiger partial charge is 0.497 e. The first-order chi connectivity index (χ1) is 14.3. The van der Waals surface area contributed by atoms with E-state index in [2.05, 4.69) is 4.98 Å². The van der Waals surface area contributed by atoms with Crippen LogP contribution >= 0.6 is 0 Å². The third-order valence-corrected chi connectivity index (χ3v) is 5.18. The standard InChI is InChI=1S/C23H25F3N2O2/c1-3-28(15-14-23(24,25)26)21(29)13-12-19-18-6-4-5-7-20(18)27-22(19)16-8-10-17(30-2)11-9-16/h4-11,27H,3,12-15H2,1-2H3. The number of benzene rings is 2. The third-order valence-electron chi connectivity index (χ3n) is 5.18. The van der Waals surface area contributed by atoms with Crippen molar-refractivity contribution < 1.29 is 22.7 Å². The number of alkyl halides is 3. The fraction of sp³-hybridized carbons (Fsp3) is 0.348. The zero-order valence-corrected chi connectivity index (χ0v) is 17.1. The van der Waals surface area contributed by atoms with Gasteiger partial charge in [-0.2, -0.15) is 13.2 Å². The van der Waals surface area contributed by atoms with Crippen molar-refractivity contribution >= 4 is 16.8 Å². The first kappa shape index (κ1) is 21.7. The van der Waals surface area contributed by atoms with Crippen molar-refractivity contribution in [1.82, 2.24) is 9.88 Å². The van der Waals surface area contributed by atoms with Crippen molar-refractivity contribution in [1.29, 1.82) is 0 Å². The van der Waals surface area contributed by atoms with E-state index in [1.165, 1.54) is 4.90 Å². The summed E-state index contributed by atoms with van der Waals surface area (Å²) in [4.78, 5) is 17.3. The molecule has 3 aromatic rings. The first-order valence-corrected chi connectivity index (χ1v) is 9.91. The van der Waals surface area contributed by atoms with Gasteiger partial charge in [-0.25, -0.2) is 0 Å². The molecule has 0 aliphatic carbocycles. The number of nitrogens with one attached hydrogen (secondary N) is 1. The number of fused-ring (bicyclic) bond motifs is 1. The molecular weight excluding hydrogens is 393 g/mol. The Kier molecular flexibility index (Phi) is 6.70. The zero-order valence-electron chi connectivity index (χ0n) is 17.1. The number of hydrogen-bond donors (Lipinski definition) is 1. The van der Waals surface area contributed by atoms with Crippen LogP contribution in [0.1, 0.15) is 25.3 Å². The Morgan fingerprint density at radius 3 is 2.43 bits per heavy atom. The number of aromatic nitrogens is 1. The minimum absolute atomic E-state index is 0.150. The van der Waals surface area contributed by atoms with Crippen LogP contribution < -0.4 is 4.74 Å². The molecule has 2 aromatic carbocycles. The van der Waals surface area contributed by atoms with Gasteiger partial charge < -0.3 is 14.6 Å². The highest BCUT2D eigenvalue weighted by atomic mass is 19.4. The Hall–Kier alpha value is -2.96. The second-order valence-corrected chi connectivity index (χ2v) is 7.09. The predicted molar refractivity (Wildman–Crippen MR) is 112 cm³/mol. The van der Waals surface area contributed by atoms with Crippen LogP contribution in [0.25, 0.3) is 22.2 Å². The summed E-state index contributed by atoms with van der Waals surface area (Å²) in [6.07, 6.45) is -4.67. The van der Waals surface area contributed by atoms with Gasteiger partial charge in [0.15, 0.2) is 0 Å². The van der Waals surface area contributed by atoms with Gasteiger partial charge in [-0.1, -0.05) is 18.2 Å². The zero-order chi connectivity index (χ0) is 21.7. The van der Waals surface area contributed by atoms with Crippen molar-refractivity contribution in [2.75, 3.05) is 20.2 Å². The Balaban J connectivity index is 1.83. The summed E-state index contributed by atoms with van der Waals surface area (Å²) in [6.45, 7) is 1.65. The molecule has 7 heteroatoms. The van der Waals surface area contributed by atoms with Crippen LogP contribution in [0.3, 0.4) is 0 Å². The van der Waals surface area contributed by atoms with Crippen molar-refractivity contribution in [3.05, 3.63) is 54.1 Å². The molecular formula is C23H25F3N2O2. The highest BCUT2D eigenvalue weighted by Crippen LogP contribution is 2.32. The van der Waals surface area contributed by atoms with E-state index in [4.69, 9.17) is 4.74 Å². The number of nitrogens with zero attached hydrogens (tertiary/aromatic N) is 1. The Morgan fingerprint density at radius 1 is 1.10 bits per heavy atom. The van der Waals surface area contributed by atoms with E-state index in [-0.39, 0.29) is 25.4 Å². The van der Waals surface area contributed by atoms with Crippen molar-refractivity contribution in [3.63, 3.8) is 0 Å². The van der Waals surface area contributed by atoms with E-state index in [9.17, 15) is 18.0 Å². The lowest BCUT2D eigenvalue weighted by Gasteiger charge is -2.21. The van der Waals surface area contributed by atoms with Crippen LogP contribution in [-0.4, -0.2) is 42.2 Å². The van der Waals surface area contributed by atoms with Gasteiger partial charge in [0.25, 0.3) is 0 Å². The minimum Gasteiger partial charge on any atom is -0.497 e. The molecule has 4 nitrogen and oxygen atoms in total. The summed E-state index contributed by atoms with van der Waals surface area (Å²) >= 11 is 0. The Morgan fingerprint density at radius 2 is 1.80 bits per heavy atom. The average Bonchev–Trinajstić information content (AvgIpc) is 3.10. The third kappa shape index (κ3) is 5.14. The number of ether oxygens (including phenoxy) is 1. The SMILES string of the molecule is CCN(CCC(F)(F)F)C(=O)CCc1c(-c2ccc(OC)cc2)[nH]c2ccccc12. The molecule has 3 rings (SSSR count). The summed E-state index contributed by atoms with van der Waals surface area (Å²) in [5, 5.41) is 1.01. The maximum Gasteiger partial charge on any atom is 0.390 e. The summed E-state index contributed by atoms with van der Waals surface area (Å²) in [7, 11) is 1.60. The minimum atomic E-state index is -4.27. The molecule has 160 valence electrons. The van der Waals surface area contributed by atoms with Gasteiger partial charge in [0.05, 0.1) is 13.5 Å². The van der Waals surface area contributed by atoms with Crippen LogP contribution in [0.5, 0.6) is 5.75 Å². The number of rotatable bonds is 8. The number of carbonyl (C=O) groups excluding carboxylic acids is 1. The summed E-state index contributed by atoms with van der Waals surface area (Å²) in [5.74, 6) is 0.475. The van der Waals surface area contributed by atoms with Crippen LogP contribution in [0.15, 0.2) is 48.5 Å². The van der Waals surface area contributed by atoms with Gasteiger partial charge in [0.1, 0.15) is 5.75 Å². The van der Waals surface area contributed by atoms with E-state index >= 15 is 0 Å². The van der Waals surface area contributed by atoms with Gasteiger partial charge in [0, 0.05) is 36.1 Å². The predicted octanol–water partition coefficient (Wildman–Crippen LogP) is 5.58. The lowest BCUT2D eigenvalue weighted by Crippen LogP contribution is -2.34. The number of halogens is 3. The maximum absolute atomic E-state index is 12.6. The molecule has 0 bridgehead atoms. The average molecular weight is 418 g/mol. The van der Waals surface area contributed by atoms with Crippen LogP contribution in [0.4, 0.5) is 13.2 Å². The van der Waals surface area contributed by atoms with E-state index in [0.29, 0.717) is 6.42 Å². The van der Waals surface area contributed by atoms with E-state index < -0.39 is 12.6 Å². The number of hydrogen-bond acceptors (Lipinski definition) is 2. The summed E-state index contributed by atoms with van der Waals surface area (Å²) in [6, 6.07) is 15.4. The monoisotopic (exact) mass is 418 g/mol. The molecule has 0 aliphatic heterocycles. The molecule has 1 heterocycles. The fourth-order valence-corrected chi connectivity index (χ4v) is 3.57. The summed E-state index contributed by atoms with van der Waals surface area (Å²) in [5.41, 5.74) is 3.80. The van der Waals surface area contributed by atoms with Gasteiger partial charge in [-0.3, -0.25) is 4.79 Å². The van der Waals surface area contributed by atoms with Crippen LogP contribution in [0, 0.1) is 0 Å². The highest BCUT2D eigenvalue weighted by molar-refractivity contribution is 5.91. The summed E-state index contributed by atoms with van der Waals surface area (Å²) < 4.78 is 42.8. The lowest BCUT2D eigenvalue weighted by molar-refractivity contribution is -0.145. The number of amides is 1. The number of H-pyrrole nitrogens is 1. The second-order valence-electron chi connectivity index (χ2n) is 7.09.